The number of nitrogens with zero attached hydrogens (tertiary/aromatic N) is 2. The Hall–Kier alpha value is -2.08. The summed E-state index contributed by atoms with van der Waals surface area (Å²) in [4.78, 5) is 19.8. The molecule has 0 saturated carbocycles. The lowest BCUT2D eigenvalue weighted by atomic mass is 10.2. The number of thiophene rings is 1. The van der Waals surface area contributed by atoms with Crippen LogP contribution in [-0.2, 0) is 6.54 Å². The van der Waals surface area contributed by atoms with Crippen LogP contribution in [0.3, 0.4) is 0 Å². The molecule has 3 aromatic rings. The van der Waals surface area contributed by atoms with Crippen molar-refractivity contribution in [1.82, 2.24) is 4.98 Å². The largest absolute Gasteiger partial charge is 0.497 e. The van der Waals surface area contributed by atoms with Crippen molar-refractivity contribution in [3.63, 3.8) is 0 Å². The van der Waals surface area contributed by atoms with E-state index in [1.165, 1.54) is 0 Å². The Labute approximate surface area is 159 Å². The first-order valence-electron chi connectivity index (χ1n) is 7.39. The zero-order valence-electron chi connectivity index (χ0n) is 13.3. The van der Waals surface area contributed by atoms with E-state index in [0.29, 0.717) is 12.1 Å². The van der Waals surface area contributed by atoms with Crippen LogP contribution in [0, 0.1) is 0 Å². The van der Waals surface area contributed by atoms with Gasteiger partial charge in [0.15, 0.2) is 0 Å². The van der Waals surface area contributed by atoms with Gasteiger partial charge in [-0.3, -0.25) is 4.79 Å². The van der Waals surface area contributed by atoms with Crippen LogP contribution in [0.25, 0.3) is 0 Å². The maximum atomic E-state index is 13.1. The molecule has 0 atom stereocenters. The number of halogens is 2. The SMILES string of the molecule is COc1ccc(N(Cc2cccs2)C(=O)c2ccc(Cl)nc2Cl)cc1. The van der Waals surface area contributed by atoms with Crippen molar-refractivity contribution >= 4 is 46.1 Å². The number of amides is 1. The number of hydrogen-bond donors (Lipinski definition) is 0. The smallest absolute Gasteiger partial charge is 0.261 e. The van der Waals surface area contributed by atoms with Crippen LogP contribution in [-0.4, -0.2) is 18.0 Å². The molecule has 0 N–H and O–H groups in total. The normalized spacial score (nSPS) is 10.5. The first kappa shape index (κ1) is 17.7. The molecular formula is C18H14Cl2N2O2S. The fourth-order valence-electron chi connectivity index (χ4n) is 2.32. The number of methoxy groups -OCH3 is 1. The number of pyridine rings is 1. The van der Waals surface area contributed by atoms with E-state index < -0.39 is 0 Å². The number of ether oxygens (including phenoxy) is 1. The summed E-state index contributed by atoms with van der Waals surface area (Å²) in [6.45, 7) is 0.432. The Balaban J connectivity index is 1.98. The van der Waals surface area contributed by atoms with Gasteiger partial charge in [-0.15, -0.1) is 11.3 Å². The maximum Gasteiger partial charge on any atom is 0.261 e. The Morgan fingerprint density at radius 3 is 2.52 bits per heavy atom. The van der Waals surface area contributed by atoms with E-state index in [4.69, 9.17) is 27.9 Å². The summed E-state index contributed by atoms with van der Waals surface area (Å²) in [5.41, 5.74) is 1.05. The highest BCUT2D eigenvalue weighted by Gasteiger charge is 2.22. The second-order valence-corrected chi connectivity index (χ2v) is 6.92. The topological polar surface area (TPSA) is 42.4 Å². The molecule has 128 valence electrons. The van der Waals surface area contributed by atoms with Crippen LogP contribution in [0.15, 0.2) is 53.9 Å². The Kier molecular flexibility index (Phi) is 5.58. The highest BCUT2D eigenvalue weighted by atomic mass is 35.5. The van der Waals surface area contributed by atoms with Gasteiger partial charge in [-0.1, -0.05) is 29.3 Å². The molecule has 1 aromatic carbocycles. The predicted octanol–water partition coefficient (Wildman–Crippen LogP) is 5.31. The van der Waals surface area contributed by atoms with E-state index in [2.05, 4.69) is 4.98 Å². The molecule has 0 aliphatic carbocycles. The van der Waals surface area contributed by atoms with E-state index in [1.807, 2.05) is 41.8 Å². The number of carbonyl (C=O) groups is 1. The van der Waals surface area contributed by atoms with E-state index in [1.54, 1.807) is 35.5 Å². The number of rotatable bonds is 5. The lowest BCUT2D eigenvalue weighted by Crippen LogP contribution is -2.30. The van der Waals surface area contributed by atoms with E-state index >= 15 is 0 Å². The zero-order valence-corrected chi connectivity index (χ0v) is 15.6. The predicted molar refractivity (Wildman–Crippen MR) is 102 cm³/mol. The molecule has 25 heavy (non-hydrogen) atoms. The van der Waals surface area contributed by atoms with Gasteiger partial charge in [-0.2, -0.15) is 0 Å². The van der Waals surface area contributed by atoms with Gasteiger partial charge >= 0.3 is 0 Å². The van der Waals surface area contributed by atoms with E-state index in [-0.39, 0.29) is 16.2 Å². The van der Waals surface area contributed by atoms with Gasteiger partial charge in [0.2, 0.25) is 0 Å². The summed E-state index contributed by atoms with van der Waals surface area (Å²) in [6, 6.07) is 14.4. The third-order valence-electron chi connectivity index (χ3n) is 3.57. The minimum atomic E-state index is -0.243. The number of benzene rings is 1. The van der Waals surface area contributed by atoms with E-state index in [0.717, 1.165) is 16.3 Å². The molecule has 0 spiro atoms. The molecule has 0 aliphatic heterocycles. The van der Waals surface area contributed by atoms with Crippen molar-refractivity contribution in [3.8, 4) is 5.75 Å². The molecule has 2 heterocycles. The minimum Gasteiger partial charge on any atom is -0.497 e. The molecule has 7 heteroatoms. The molecular weight excluding hydrogens is 379 g/mol. The molecule has 0 fully saturated rings. The Morgan fingerprint density at radius 1 is 1.16 bits per heavy atom. The fourth-order valence-corrected chi connectivity index (χ4v) is 3.44. The average Bonchev–Trinajstić information content (AvgIpc) is 3.12. The van der Waals surface area contributed by atoms with Crippen LogP contribution in [0.2, 0.25) is 10.3 Å². The van der Waals surface area contributed by atoms with Crippen molar-refractivity contribution in [3.05, 3.63) is 74.7 Å². The Morgan fingerprint density at radius 2 is 1.92 bits per heavy atom. The van der Waals surface area contributed by atoms with Crippen LogP contribution in [0.5, 0.6) is 5.75 Å². The van der Waals surface area contributed by atoms with Gasteiger partial charge in [0.05, 0.1) is 19.2 Å². The van der Waals surface area contributed by atoms with Crippen LogP contribution in [0.4, 0.5) is 5.69 Å². The molecule has 0 unspecified atom stereocenters. The number of carbonyl (C=O) groups excluding carboxylic acids is 1. The van der Waals surface area contributed by atoms with Gasteiger partial charge in [-0.05, 0) is 47.8 Å². The number of hydrogen-bond acceptors (Lipinski definition) is 4. The summed E-state index contributed by atoms with van der Waals surface area (Å²) in [5.74, 6) is 0.478. The highest BCUT2D eigenvalue weighted by molar-refractivity contribution is 7.09. The summed E-state index contributed by atoms with van der Waals surface area (Å²) < 4.78 is 5.19. The summed E-state index contributed by atoms with van der Waals surface area (Å²) in [7, 11) is 1.60. The number of aromatic nitrogens is 1. The van der Waals surface area contributed by atoms with Crippen molar-refractivity contribution in [1.29, 1.82) is 0 Å². The minimum absolute atomic E-state index is 0.0854. The van der Waals surface area contributed by atoms with Crippen LogP contribution in [0.1, 0.15) is 15.2 Å². The molecule has 2 aromatic heterocycles. The van der Waals surface area contributed by atoms with Crippen molar-refractivity contribution < 1.29 is 9.53 Å². The summed E-state index contributed by atoms with van der Waals surface area (Å²) in [6.07, 6.45) is 0. The third-order valence-corrected chi connectivity index (χ3v) is 4.93. The molecule has 0 saturated heterocycles. The van der Waals surface area contributed by atoms with E-state index in [9.17, 15) is 4.79 Å². The second kappa shape index (κ2) is 7.87. The molecule has 4 nitrogen and oxygen atoms in total. The maximum absolute atomic E-state index is 13.1. The third kappa shape index (κ3) is 4.12. The van der Waals surface area contributed by atoms with Gasteiger partial charge in [0.25, 0.3) is 5.91 Å². The first-order valence-corrected chi connectivity index (χ1v) is 9.02. The molecule has 1 amide bonds. The first-order chi connectivity index (χ1) is 12.1. The molecule has 0 bridgehead atoms. The van der Waals surface area contributed by atoms with Crippen LogP contribution >= 0.6 is 34.5 Å². The standard InChI is InChI=1S/C18H14Cl2N2O2S/c1-24-13-6-4-12(5-7-13)22(11-14-3-2-10-25-14)18(23)15-8-9-16(19)21-17(15)20/h2-10H,11H2,1H3. The lowest BCUT2D eigenvalue weighted by molar-refractivity contribution is 0.0985. The van der Waals surface area contributed by atoms with Crippen molar-refractivity contribution in [2.24, 2.45) is 0 Å². The quantitative estimate of drug-likeness (QED) is 0.552. The summed E-state index contributed by atoms with van der Waals surface area (Å²) >= 11 is 13.5. The average molecular weight is 393 g/mol. The number of anilines is 1. The van der Waals surface area contributed by atoms with Gasteiger partial charge < -0.3 is 9.64 Å². The fraction of sp³-hybridized carbons (Fsp3) is 0.111. The zero-order chi connectivity index (χ0) is 17.8. The van der Waals surface area contributed by atoms with Crippen molar-refractivity contribution in [2.45, 2.75) is 6.54 Å². The monoisotopic (exact) mass is 392 g/mol. The summed E-state index contributed by atoms with van der Waals surface area (Å²) in [5, 5.41) is 2.31. The van der Waals surface area contributed by atoms with Crippen molar-refractivity contribution in [2.75, 3.05) is 12.0 Å². The lowest BCUT2D eigenvalue weighted by Gasteiger charge is -2.23. The molecule has 0 radical (unpaired) electrons. The highest BCUT2D eigenvalue weighted by Crippen LogP contribution is 2.26. The molecule has 3 rings (SSSR count). The van der Waals surface area contributed by atoms with Gasteiger partial charge in [0, 0.05) is 10.6 Å². The second-order valence-electron chi connectivity index (χ2n) is 5.14. The Bertz CT molecular complexity index is 867. The van der Waals surface area contributed by atoms with Gasteiger partial charge in [-0.25, -0.2) is 4.98 Å². The molecule has 0 aliphatic rings. The van der Waals surface area contributed by atoms with Gasteiger partial charge in [0.1, 0.15) is 16.1 Å². The van der Waals surface area contributed by atoms with Crippen LogP contribution < -0.4 is 9.64 Å².